The van der Waals surface area contributed by atoms with E-state index in [2.05, 4.69) is 5.32 Å². The molecule has 7 nitrogen and oxygen atoms in total. The zero-order valence-corrected chi connectivity index (χ0v) is 27.6. The molecule has 2 atom stereocenters. The molecule has 0 aliphatic heterocycles. The van der Waals surface area contributed by atoms with Crippen molar-refractivity contribution < 1.29 is 18.0 Å². The Morgan fingerprint density at radius 1 is 0.756 bits per heavy atom. The SMILES string of the molecule is CC[C@@H](C)NC(=O)[C@H](Cc1ccccc1)N(Cc1ccc(C)cc1)C(=O)CN(c1cccc(C)c1)S(=O)(=O)c1ccc(C)cc1. The molecule has 0 radical (unpaired) electrons. The van der Waals surface area contributed by atoms with Gasteiger partial charge in [-0.2, -0.15) is 0 Å². The summed E-state index contributed by atoms with van der Waals surface area (Å²) in [6.07, 6.45) is 1.00. The molecule has 0 saturated heterocycles. The van der Waals surface area contributed by atoms with Crippen LogP contribution in [0.3, 0.4) is 0 Å². The van der Waals surface area contributed by atoms with Gasteiger partial charge in [0.15, 0.2) is 0 Å². The Kier molecular flexibility index (Phi) is 11.2. The molecule has 4 aromatic rings. The van der Waals surface area contributed by atoms with Crippen LogP contribution in [0.4, 0.5) is 5.69 Å². The number of anilines is 1. The molecule has 0 bridgehead atoms. The average Bonchev–Trinajstić information content (AvgIpc) is 3.02. The number of sulfonamides is 1. The van der Waals surface area contributed by atoms with Crippen molar-refractivity contribution in [1.82, 2.24) is 10.2 Å². The van der Waals surface area contributed by atoms with Gasteiger partial charge in [-0.1, -0.05) is 96.9 Å². The second-order valence-corrected chi connectivity index (χ2v) is 13.6. The third-order valence-electron chi connectivity index (χ3n) is 7.92. The number of aryl methyl sites for hydroxylation is 3. The average molecular weight is 626 g/mol. The van der Waals surface area contributed by atoms with Gasteiger partial charge in [0.1, 0.15) is 12.6 Å². The van der Waals surface area contributed by atoms with Crippen LogP contribution in [-0.4, -0.2) is 43.8 Å². The molecule has 0 heterocycles. The topological polar surface area (TPSA) is 86.8 Å². The van der Waals surface area contributed by atoms with Crippen LogP contribution in [0.2, 0.25) is 0 Å². The van der Waals surface area contributed by atoms with E-state index >= 15 is 0 Å². The van der Waals surface area contributed by atoms with Crippen LogP contribution in [0.1, 0.15) is 48.1 Å². The highest BCUT2D eigenvalue weighted by molar-refractivity contribution is 7.92. The lowest BCUT2D eigenvalue weighted by Gasteiger charge is -2.34. The first-order valence-electron chi connectivity index (χ1n) is 15.3. The van der Waals surface area contributed by atoms with E-state index in [0.29, 0.717) is 5.69 Å². The first-order valence-corrected chi connectivity index (χ1v) is 16.8. The molecule has 0 aromatic heterocycles. The van der Waals surface area contributed by atoms with Gasteiger partial charge in [-0.05, 0) is 75.1 Å². The fourth-order valence-electron chi connectivity index (χ4n) is 5.03. The highest BCUT2D eigenvalue weighted by Gasteiger charge is 2.35. The van der Waals surface area contributed by atoms with E-state index in [9.17, 15) is 18.0 Å². The zero-order valence-electron chi connectivity index (χ0n) is 26.7. The molecule has 0 saturated carbocycles. The Bertz CT molecular complexity index is 1690. The van der Waals surface area contributed by atoms with Gasteiger partial charge in [0.05, 0.1) is 10.6 Å². The van der Waals surface area contributed by atoms with Crippen molar-refractivity contribution in [2.75, 3.05) is 10.8 Å². The molecule has 0 aliphatic rings. The van der Waals surface area contributed by atoms with Crippen molar-refractivity contribution in [2.24, 2.45) is 0 Å². The molecule has 4 aromatic carbocycles. The maximum absolute atomic E-state index is 14.5. The Morgan fingerprint density at radius 2 is 1.38 bits per heavy atom. The van der Waals surface area contributed by atoms with E-state index in [4.69, 9.17) is 0 Å². The monoisotopic (exact) mass is 625 g/mol. The Labute approximate surface area is 268 Å². The fraction of sp³-hybridized carbons (Fsp3) is 0.297. The number of carbonyl (C=O) groups excluding carboxylic acids is 2. The highest BCUT2D eigenvalue weighted by Crippen LogP contribution is 2.26. The molecule has 2 amide bonds. The van der Waals surface area contributed by atoms with Crippen molar-refractivity contribution in [3.05, 3.63) is 131 Å². The summed E-state index contributed by atoms with van der Waals surface area (Å²) in [5.74, 6) is -0.759. The van der Waals surface area contributed by atoms with Crippen LogP contribution in [0.25, 0.3) is 0 Å². The lowest BCUT2D eigenvalue weighted by atomic mass is 10.0. The number of nitrogens with zero attached hydrogens (tertiary/aromatic N) is 2. The molecule has 45 heavy (non-hydrogen) atoms. The lowest BCUT2D eigenvalue weighted by Crippen LogP contribution is -2.54. The van der Waals surface area contributed by atoms with E-state index in [1.165, 1.54) is 4.90 Å². The van der Waals surface area contributed by atoms with Crippen LogP contribution >= 0.6 is 0 Å². The number of amides is 2. The second kappa shape index (κ2) is 15.0. The summed E-state index contributed by atoms with van der Waals surface area (Å²) in [7, 11) is -4.14. The van der Waals surface area contributed by atoms with Crippen LogP contribution in [-0.2, 0) is 32.6 Å². The molecule has 4 rings (SSSR count). The van der Waals surface area contributed by atoms with Gasteiger partial charge in [-0.3, -0.25) is 13.9 Å². The van der Waals surface area contributed by atoms with Crippen molar-refractivity contribution in [3.63, 3.8) is 0 Å². The molecule has 0 unspecified atom stereocenters. The Hall–Kier alpha value is -4.43. The molecular weight excluding hydrogens is 582 g/mol. The van der Waals surface area contributed by atoms with E-state index in [0.717, 1.165) is 38.5 Å². The summed E-state index contributed by atoms with van der Waals surface area (Å²) in [5, 5.41) is 3.07. The van der Waals surface area contributed by atoms with E-state index in [1.54, 1.807) is 42.5 Å². The lowest BCUT2D eigenvalue weighted by molar-refractivity contribution is -0.140. The van der Waals surface area contributed by atoms with Crippen molar-refractivity contribution in [3.8, 4) is 0 Å². The maximum Gasteiger partial charge on any atom is 0.264 e. The van der Waals surface area contributed by atoms with Crippen molar-refractivity contribution in [2.45, 2.75) is 71.0 Å². The summed E-state index contributed by atoms with van der Waals surface area (Å²) in [6.45, 7) is 9.32. The van der Waals surface area contributed by atoms with Gasteiger partial charge in [-0.15, -0.1) is 0 Å². The van der Waals surface area contributed by atoms with Crippen LogP contribution < -0.4 is 9.62 Å². The molecule has 236 valence electrons. The Morgan fingerprint density at radius 3 is 1.98 bits per heavy atom. The molecule has 8 heteroatoms. The predicted octanol–water partition coefficient (Wildman–Crippen LogP) is 6.36. The standard InChI is InChI=1S/C37H43N3O4S/c1-6-30(5)38-37(42)35(24-31-12-8-7-9-13-31)39(25-32-19-15-27(2)16-20-32)36(41)26-40(33-14-10-11-29(4)23-33)45(43,44)34-21-17-28(3)18-22-34/h7-23,30,35H,6,24-26H2,1-5H3,(H,38,42)/t30-,35+/m1/s1. The number of hydrogen-bond acceptors (Lipinski definition) is 4. The predicted molar refractivity (Wildman–Crippen MR) is 180 cm³/mol. The molecular formula is C37H43N3O4S. The van der Waals surface area contributed by atoms with E-state index in [1.807, 2.05) is 95.3 Å². The van der Waals surface area contributed by atoms with Gasteiger partial charge in [0, 0.05) is 19.0 Å². The zero-order chi connectivity index (χ0) is 32.6. The summed E-state index contributed by atoms with van der Waals surface area (Å²) in [6, 6.07) is 30.1. The smallest absolute Gasteiger partial charge is 0.264 e. The van der Waals surface area contributed by atoms with Gasteiger partial charge in [0.2, 0.25) is 11.8 Å². The minimum absolute atomic E-state index is 0.0860. The van der Waals surface area contributed by atoms with E-state index in [-0.39, 0.29) is 29.8 Å². The summed E-state index contributed by atoms with van der Waals surface area (Å²) < 4.78 is 29.5. The van der Waals surface area contributed by atoms with E-state index < -0.39 is 28.5 Å². The summed E-state index contributed by atoms with van der Waals surface area (Å²) in [4.78, 5) is 30.1. The second-order valence-electron chi connectivity index (χ2n) is 11.7. The van der Waals surface area contributed by atoms with Crippen LogP contribution in [0.15, 0.2) is 108 Å². The van der Waals surface area contributed by atoms with Crippen LogP contribution in [0, 0.1) is 20.8 Å². The fourth-order valence-corrected chi connectivity index (χ4v) is 6.44. The largest absolute Gasteiger partial charge is 0.352 e. The van der Waals surface area contributed by atoms with Gasteiger partial charge in [-0.25, -0.2) is 8.42 Å². The minimum Gasteiger partial charge on any atom is -0.352 e. The third kappa shape index (κ3) is 8.82. The number of rotatable bonds is 13. The molecule has 0 fully saturated rings. The minimum atomic E-state index is -4.14. The summed E-state index contributed by atoms with van der Waals surface area (Å²) in [5.41, 5.74) is 4.96. The Balaban J connectivity index is 1.80. The number of carbonyl (C=O) groups is 2. The number of benzene rings is 4. The highest BCUT2D eigenvalue weighted by atomic mass is 32.2. The quantitative estimate of drug-likeness (QED) is 0.187. The number of hydrogen-bond donors (Lipinski definition) is 1. The van der Waals surface area contributed by atoms with Gasteiger partial charge in [0.25, 0.3) is 10.0 Å². The molecule has 0 aliphatic carbocycles. The maximum atomic E-state index is 14.5. The first kappa shape index (κ1) is 33.5. The van der Waals surface area contributed by atoms with Gasteiger partial charge >= 0.3 is 0 Å². The first-order chi connectivity index (χ1) is 21.5. The molecule has 1 N–H and O–H groups in total. The van der Waals surface area contributed by atoms with Crippen molar-refractivity contribution in [1.29, 1.82) is 0 Å². The normalized spacial score (nSPS) is 12.6. The van der Waals surface area contributed by atoms with Gasteiger partial charge < -0.3 is 10.2 Å². The third-order valence-corrected chi connectivity index (χ3v) is 9.71. The van der Waals surface area contributed by atoms with Crippen LogP contribution in [0.5, 0.6) is 0 Å². The number of nitrogens with one attached hydrogen (secondary N) is 1. The van der Waals surface area contributed by atoms with Crippen molar-refractivity contribution >= 4 is 27.5 Å². The molecule has 0 spiro atoms. The summed E-state index contributed by atoms with van der Waals surface area (Å²) >= 11 is 0.